The summed E-state index contributed by atoms with van der Waals surface area (Å²) in [5, 5.41) is 14.7. The zero-order valence-electron chi connectivity index (χ0n) is 11.0. The van der Waals surface area contributed by atoms with Gasteiger partial charge in [0.2, 0.25) is 0 Å². The van der Waals surface area contributed by atoms with Crippen molar-refractivity contribution in [1.82, 2.24) is 10.6 Å². The molecule has 1 aromatic carbocycles. The molecule has 5 nitrogen and oxygen atoms in total. The number of halogens is 2. The molecular weight excluding hydrogens is 303 g/mol. The van der Waals surface area contributed by atoms with E-state index in [2.05, 4.69) is 10.6 Å². The summed E-state index contributed by atoms with van der Waals surface area (Å²) in [6.45, 7) is 1.90. The average molecular weight is 319 g/mol. The van der Waals surface area contributed by atoms with Crippen molar-refractivity contribution >= 4 is 35.2 Å². The molecule has 0 saturated carbocycles. The summed E-state index contributed by atoms with van der Waals surface area (Å²) >= 11 is 12.1. The van der Waals surface area contributed by atoms with Crippen LogP contribution in [0.4, 0.5) is 4.79 Å². The Morgan fingerprint density at radius 2 is 1.90 bits per heavy atom. The van der Waals surface area contributed by atoms with Gasteiger partial charge in [-0.3, -0.25) is 4.79 Å². The molecule has 0 heterocycles. The second kappa shape index (κ2) is 7.97. The van der Waals surface area contributed by atoms with Crippen LogP contribution in [-0.2, 0) is 11.2 Å². The van der Waals surface area contributed by atoms with Crippen LogP contribution in [0.25, 0.3) is 0 Å². The van der Waals surface area contributed by atoms with E-state index < -0.39 is 12.0 Å². The number of hydrogen-bond donors (Lipinski definition) is 3. The number of urea groups is 1. The highest BCUT2D eigenvalue weighted by atomic mass is 35.5. The van der Waals surface area contributed by atoms with Crippen LogP contribution in [0.3, 0.4) is 0 Å². The number of hydrogen-bond acceptors (Lipinski definition) is 2. The van der Waals surface area contributed by atoms with E-state index in [-0.39, 0.29) is 19.0 Å². The van der Waals surface area contributed by atoms with E-state index in [4.69, 9.17) is 28.3 Å². The lowest BCUT2D eigenvalue weighted by molar-refractivity contribution is -0.136. The maximum absolute atomic E-state index is 11.5. The molecule has 0 aliphatic rings. The van der Waals surface area contributed by atoms with E-state index in [1.165, 1.54) is 0 Å². The van der Waals surface area contributed by atoms with Crippen LogP contribution in [0.1, 0.15) is 18.9 Å². The highest BCUT2D eigenvalue weighted by molar-refractivity contribution is 6.36. The first-order valence-electron chi connectivity index (χ1n) is 6.09. The SMILES string of the molecule is CC(Cc1c(Cl)cccc1Cl)NC(=O)NCCC(=O)O. The third-order valence-corrected chi connectivity index (χ3v) is 3.28. The molecule has 0 bridgehead atoms. The van der Waals surface area contributed by atoms with Gasteiger partial charge in [0.25, 0.3) is 0 Å². The monoisotopic (exact) mass is 318 g/mol. The fourth-order valence-electron chi connectivity index (χ4n) is 1.64. The maximum Gasteiger partial charge on any atom is 0.315 e. The Kier molecular flexibility index (Phi) is 6.61. The summed E-state index contributed by atoms with van der Waals surface area (Å²) in [5.74, 6) is -0.957. The standard InChI is InChI=1S/C13H16Cl2N2O3/c1-8(17-13(20)16-6-5-12(18)19)7-9-10(14)3-2-4-11(9)15/h2-4,8H,5-7H2,1H3,(H,18,19)(H2,16,17,20). The van der Waals surface area contributed by atoms with E-state index in [1.807, 2.05) is 6.92 Å². The van der Waals surface area contributed by atoms with Gasteiger partial charge in [-0.2, -0.15) is 0 Å². The van der Waals surface area contributed by atoms with Crippen LogP contribution in [0.5, 0.6) is 0 Å². The van der Waals surface area contributed by atoms with Crippen LogP contribution >= 0.6 is 23.2 Å². The lowest BCUT2D eigenvalue weighted by Crippen LogP contribution is -2.42. The maximum atomic E-state index is 11.5. The van der Waals surface area contributed by atoms with Gasteiger partial charge < -0.3 is 15.7 Å². The number of amides is 2. The summed E-state index contributed by atoms with van der Waals surface area (Å²) in [4.78, 5) is 21.8. The minimum atomic E-state index is -0.957. The first-order valence-corrected chi connectivity index (χ1v) is 6.84. The fraction of sp³-hybridized carbons (Fsp3) is 0.385. The smallest absolute Gasteiger partial charge is 0.315 e. The molecule has 7 heteroatoms. The van der Waals surface area contributed by atoms with Crippen molar-refractivity contribution in [3.05, 3.63) is 33.8 Å². The van der Waals surface area contributed by atoms with E-state index in [0.717, 1.165) is 5.56 Å². The Bertz CT molecular complexity index is 474. The van der Waals surface area contributed by atoms with Crippen molar-refractivity contribution in [3.8, 4) is 0 Å². The van der Waals surface area contributed by atoms with Gasteiger partial charge in [-0.25, -0.2) is 4.79 Å². The number of carboxylic acids is 1. The Hall–Kier alpha value is -1.46. The predicted molar refractivity (Wildman–Crippen MR) is 78.4 cm³/mol. The van der Waals surface area contributed by atoms with Crippen LogP contribution in [0, 0.1) is 0 Å². The van der Waals surface area contributed by atoms with Gasteiger partial charge in [0.15, 0.2) is 0 Å². The molecule has 20 heavy (non-hydrogen) atoms. The largest absolute Gasteiger partial charge is 0.481 e. The third kappa shape index (κ3) is 5.67. The number of aliphatic carboxylic acids is 1. The summed E-state index contributed by atoms with van der Waals surface area (Å²) in [6.07, 6.45) is 0.378. The van der Waals surface area contributed by atoms with Gasteiger partial charge >= 0.3 is 12.0 Å². The van der Waals surface area contributed by atoms with Gasteiger partial charge in [-0.1, -0.05) is 29.3 Å². The molecule has 3 N–H and O–H groups in total. The average Bonchev–Trinajstić information content (AvgIpc) is 2.33. The molecule has 0 aliphatic heterocycles. The van der Waals surface area contributed by atoms with Crippen molar-refractivity contribution in [2.24, 2.45) is 0 Å². The van der Waals surface area contributed by atoms with Crippen LogP contribution < -0.4 is 10.6 Å². The molecule has 1 atom stereocenters. The summed E-state index contributed by atoms with van der Waals surface area (Å²) in [5.41, 5.74) is 0.772. The number of benzene rings is 1. The van der Waals surface area contributed by atoms with Crippen molar-refractivity contribution in [3.63, 3.8) is 0 Å². The minimum Gasteiger partial charge on any atom is -0.481 e. The second-order valence-corrected chi connectivity index (χ2v) is 5.16. The molecule has 0 saturated heterocycles. The second-order valence-electron chi connectivity index (χ2n) is 4.35. The molecule has 1 aromatic rings. The zero-order valence-corrected chi connectivity index (χ0v) is 12.5. The molecule has 0 fully saturated rings. The molecule has 1 rings (SSSR count). The molecule has 110 valence electrons. The van der Waals surface area contributed by atoms with Crippen LogP contribution in [0.2, 0.25) is 10.0 Å². The first kappa shape index (κ1) is 16.6. The minimum absolute atomic E-state index is 0.0841. The number of nitrogens with one attached hydrogen (secondary N) is 2. The summed E-state index contributed by atoms with van der Waals surface area (Å²) in [6, 6.07) is 4.63. The Morgan fingerprint density at radius 3 is 2.45 bits per heavy atom. The number of carbonyl (C=O) groups is 2. The summed E-state index contributed by atoms with van der Waals surface area (Å²) < 4.78 is 0. The zero-order chi connectivity index (χ0) is 15.1. The highest BCUT2D eigenvalue weighted by Gasteiger charge is 2.12. The van der Waals surface area contributed by atoms with Gasteiger partial charge in [0.05, 0.1) is 6.42 Å². The predicted octanol–water partition coefficient (Wildman–Crippen LogP) is 2.70. The fourth-order valence-corrected chi connectivity index (χ4v) is 2.19. The normalized spacial score (nSPS) is 11.8. The van der Waals surface area contributed by atoms with Gasteiger partial charge in [-0.05, 0) is 31.0 Å². The number of carbonyl (C=O) groups excluding carboxylic acids is 1. The highest BCUT2D eigenvalue weighted by Crippen LogP contribution is 2.25. The molecule has 0 aliphatic carbocycles. The molecule has 0 spiro atoms. The van der Waals surface area contributed by atoms with Gasteiger partial charge in [0.1, 0.15) is 0 Å². The van der Waals surface area contributed by atoms with Crippen molar-refractivity contribution in [2.45, 2.75) is 25.8 Å². The first-order chi connectivity index (χ1) is 9.40. The third-order valence-electron chi connectivity index (χ3n) is 2.57. The quantitative estimate of drug-likeness (QED) is 0.754. The van der Waals surface area contributed by atoms with Crippen molar-refractivity contribution in [2.75, 3.05) is 6.54 Å². The topological polar surface area (TPSA) is 78.4 Å². The molecule has 0 aromatic heterocycles. The Labute approximate surface area is 127 Å². The van der Waals surface area contributed by atoms with Gasteiger partial charge in [0, 0.05) is 22.6 Å². The number of carboxylic acid groups (broad SMARTS) is 1. The molecule has 2 amide bonds. The van der Waals surface area contributed by atoms with Crippen molar-refractivity contribution in [1.29, 1.82) is 0 Å². The van der Waals surface area contributed by atoms with Crippen LogP contribution in [-0.4, -0.2) is 29.7 Å². The van der Waals surface area contributed by atoms with Crippen LogP contribution in [0.15, 0.2) is 18.2 Å². The molecular formula is C13H16Cl2N2O3. The molecule has 1 unspecified atom stereocenters. The van der Waals surface area contributed by atoms with Crippen molar-refractivity contribution < 1.29 is 14.7 Å². The Balaban J connectivity index is 2.45. The Morgan fingerprint density at radius 1 is 1.30 bits per heavy atom. The summed E-state index contributed by atoms with van der Waals surface area (Å²) in [7, 11) is 0. The molecule has 0 radical (unpaired) electrons. The lowest BCUT2D eigenvalue weighted by atomic mass is 10.1. The van der Waals surface area contributed by atoms with E-state index in [9.17, 15) is 9.59 Å². The van der Waals surface area contributed by atoms with Gasteiger partial charge in [-0.15, -0.1) is 0 Å². The van der Waals surface area contributed by atoms with E-state index in [0.29, 0.717) is 16.5 Å². The lowest BCUT2D eigenvalue weighted by Gasteiger charge is -2.16. The number of rotatable bonds is 6. The van der Waals surface area contributed by atoms with E-state index in [1.54, 1.807) is 18.2 Å². The van der Waals surface area contributed by atoms with E-state index >= 15 is 0 Å².